The number of hydrogen-bond acceptors (Lipinski definition) is 5. The van der Waals surface area contributed by atoms with Gasteiger partial charge >= 0.3 is 0 Å². The summed E-state index contributed by atoms with van der Waals surface area (Å²) in [5.41, 5.74) is 2.99. The Morgan fingerprint density at radius 1 is 1.14 bits per heavy atom. The van der Waals surface area contributed by atoms with Gasteiger partial charge in [-0.05, 0) is 45.0 Å². The van der Waals surface area contributed by atoms with Gasteiger partial charge in [0.25, 0.3) is 5.69 Å². The van der Waals surface area contributed by atoms with E-state index in [0.29, 0.717) is 16.7 Å². The second-order valence-electron chi connectivity index (χ2n) is 7.81. The molecular formula is C20H20N6O3. The highest BCUT2D eigenvalue weighted by molar-refractivity contribution is 5.94. The van der Waals surface area contributed by atoms with Gasteiger partial charge in [-0.25, -0.2) is 9.97 Å². The first-order valence-corrected chi connectivity index (χ1v) is 9.10. The Morgan fingerprint density at radius 2 is 1.90 bits per heavy atom. The fourth-order valence-electron chi connectivity index (χ4n) is 3.36. The summed E-state index contributed by atoms with van der Waals surface area (Å²) in [6, 6.07) is 10.2. The predicted octanol–water partition coefficient (Wildman–Crippen LogP) is 3.69. The highest BCUT2D eigenvalue weighted by atomic mass is 16.6. The normalized spacial score (nSPS) is 11.8. The van der Waals surface area contributed by atoms with Crippen molar-refractivity contribution in [3.05, 3.63) is 59.2 Å². The summed E-state index contributed by atoms with van der Waals surface area (Å²) in [4.78, 5) is 31.9. The van der Waals surface area contributed by atoms with Gasteiger partial charge in [0.05, 0.1) is 34.1 Å². The Labute approximate surface area is 166 Å². The van der Waals surface area contributed by atoms with Crippen LogP contribution in [-0.2, 0) is 16.9 Å². The van der Waals surface area contributed by atoms with Crippen LogP contribution in [0.3, 0.4) is 0 Å². The van der Waals surface area contributed by atoms with Crippen LogP contribution in [-0.4, -0.2) is 29.9 Å². The number of amides is 1. The molecule has 2 aromatic heterocycles. The molecule has 29 heavy (non-hydrogen) atoms. The first-order chi connectivity index (χ1) is 13.7. The summed E-state index contributed by atoms with van der Waals surface area (Å²) in [6.45, 7) is 6.20. The molecule has 1 N–H and O–H groups in total. The molecule has 0 fully saturated rings. The lowest BCUT2D eigenvalue weighted by Gasteiger charge is -2.21. The molecule has 0 saturated heterocycles. The largest absolute Gasteiger partial charge is 0.325 e. The Balaban J connectivity index is 1.58. The third-order valence-electron chi connectivity index (χ3n) is 4.68. The zero-order valence-corrected chi connectivity index (χ0v) is 16.3. The molecule has 0 saturated carbocycles. The smallest absolute Gasteiger partial charge is 0.295 e. The van der Waals surface area contributed by atoms with E-state index < -0.39 is 4.92 Å². The molecule has 0 radical (unpaired) electrons. The second-order valence-corrected chi connectivity index (χ2v) is 7.81. The van der Waals surface area contributed by atoms with Gasteiger partial charge in [0, 0.05) is 17.3 Å². The van der Waals surface area contributed by atoms with E-state index in [9.17, 15) is 14.9 Å². The number of aromatic nitrogens is 4. The highest BCUT2D eigenvalue weighted by Gasteiger charge is 2.19. The fraction of sp³-hybridized carbons (Fsp3) is 0.250. The van der Waals surface area contributed by atoms with E-state index >= 15 is 0 Å². The van der Waals surface area contributed by atoms with Crippen molar-refractivity contribution in [2.24, 2.45) is 0 Å². The van der Waals surface area contributed by atoms with Gasteiger partial charge in [-0.15, -0.1) is 0 Å². The third kappa shape index (κ3) is 3.42. The molecule has 0 aliphatic rings. The van der Waals surface area contributed by atoms with Gasteiger partial charge in [-0.2, -0.15) is 0 Å². The minimum absolute atomic E-state index is 0.0815. The molecular weight excluding hydrogens is 372 g/mol. The lowest BCUT2D eigenvalue weighted by atomic mass is 10.1. The minimum atomic E-state index is -0.474. The van der Waals surface area contributed by atoms with Crippen LogP contribution in [0.2, 0.25) is 0 Å². The number of rotatable bonds is 4. The molecule has 2 aromatic carbocycles. The van der Waals surface area contributed by atoms with Crippen molar-refractivity contribution in [1.82, 2.24) is 19.1 Å². The van der Waals surface area contributed by atoms with Gasteiger partial charge in [-0.1, -0.05) is 6.07 Å². The SMILES string of the molecule is CC(C)(C)n1cnc2cc(NC(=O)Cn3cnc4cccc([N+](=O)[O-])c43)ccc21. The molecule has 0 spiro atoms. The number of hydrogen-bond donors (Lipinski definition) is 1. The Morgan fingerprint density at radius 3 is 2.62 bits per heavy atom. The fourth-order valence-corrected chi connectivity index (χ4v) is 3.36. The number of para-hydroxylation sites is 1. The quantitative estimate of drug-likeness (QED) is 0.421. The maximum atomic E-state index is 12.6. The van der Waals surface area contributed by atoms with Gasteiger partial charge in [0.2, 0.25) is 5.91 Å². The van der Waals surface area contributed by atoms with Gasteiger partial charge in [0.15, 0.2) is 0 Å². The van der Waals surface area contributed by atoms with E-state index in [1.807, 2.05) is 18.2 Å². The zero-order valence-electron chi connectivity index (χ0n) is 16.3. The van der Waals surface area contributed by atoms with Crippen LogP contribution in [0.5, 0.6) is 0 Å². The summed E-state index contributed by atoms with van der Waals surface area (Å²) in [5.74, 6) is -0.308. The average Bonchev–Trinajstić information content (AvgIpc) is 3.25. The number of nitro groups is 1. The first kappa shape index (κ1) is 18.6. The molecule has 1 amide bonds. The van der Waals surface area contributed by atoms with Crippen LogP contribution in [0.4, 0.5) is 11.4 Å². The summed E-state index contributed by atoms with van der Waals surface area (Å²) < 4.78 is 3.56. The van der Waals surface area contributed by atoms with E-state index in [-0.39, 0.29) is 23.7 Å². The monoisotopic (exact) mass is 392 g/mol. The van der Waals surface area contributed by atoms with Crippen LogP contribution >= 0.6 is 0 Å². The number of fused-ring (bicyclic) bond motifs is 2. The van der Waals surface area contributed by atoms with Crippen molar-refractivity contribution in [3.8, 4) is 0 Å². The molecule has 0 atom stereocenters. The topological polar surface area (TPSA) is 108 Å². The minimum Gasteiger partial charge on any atom is -0.325 e. The van der Waals surface area contributed by atoms with Crippen LogP contribution in [0.25, 0.3) is 22.1 Å². The lowest BCUT2D eigenvalue weighted by molar-refractivity contribution is -0.383. The maximum absolute atomic E-state index is 12.6. The molecule has 148 valence electrons. The van der Waals surface area contributed by atoms with Crippen LogP contribution in [0, 0.1) is 10.1 Å². The van der Waals surface area contributed by atoms with Crippen LogP contribution in [0.1, 0.15) is 20.8 Å². The first-order valence-electron chi connectivity index (χ1n) is 9.10. The van der Waals surface area contributed by atoms with E-state index in [1.54, 1.807) is 18.5 Å². The molecule has 4 aromatic rings. The van der Waals surface area contributed by atoms with E-state index in [1.165, 1.54) is 17.0 Å². The number of nitrogens with zero attached hydrogens (tertiary/aromatic N) is 5. The summed E-state index contributed by atoms with van der Waals surface area (Å²) in [6.07, 6.45) is 3.22. The standard InChI is InChI=1S/C20H20N6O3/c1-20(2,3)25-12-22-15-9-13(7-8-16(15)25)23-18(27)10-24-11-21-14-5-4-6-17(19(14)24)26(28)29/h4-9,11-12H,10H2,1-3H3,(H,23,27). The second kappa shape index (κ2) is 6.69. The van der Waals surface area contributed by atoms with Crippen molar-refractivity contribution >= 4 is 39.3 Å². The Kier molecular flexibility index (Phi) is 4.30. The number of nitrogens with one attached hydrogen (secondary N) is 1. The molecule has 0 bridgehead atoms. The Bertz CT molecular complexity index is 1250. The average molecular weight is 392 g/mol. The summed E-state index contributed by atoms with van der Waals surface area (Å²) in [5, 5.41) is 14.1. The highest BCUT2D eigenvalue weighted by Crippen LogP contribution is 2.26. The molecule has 2 heterocycles. The van der Waals surface area contributed by atoms with Gasteiger partial charge < -0.3 is 14.5 Å². The molecule has 0 aliphatic carbocycles. The summed E-state index contributed by atoms with van der Waals surface area (Å²) in [7, 11) is 0. The third-order valence-corrected chi connectivity index (χ3v) is 4.68. The predicted molar refractivity (Wildman–Crippen MR) is 110 cm³/mol. The number of carbonyl (C=O) groups is 1. The zero-order chi connectivity index (χ0) is 20.8. The van der Waals surface area contributed by atoms with Crippen molar-refractivity contribution in [2.45, 2.75) is 32.9 Å². The Hall–Kier alpha value is -3.75. The number of imidazole rings is 2. The number of nitro benzene ring substituents is 1. The maximum Gasteiger partial charge on any atom is 0.295 e. The number of benzene rings is 2. The molecule has 4 rings (SSSR count). The molecule has 0 unspecified atom stereocenters. The van der Waals surface area contributed by atoms with Gasteiger partial charge in [-0.3, -0.25) is 14.9 Å². The van der Waals surface area contributed by atoms with E-state index in [2.05, 4.69) is 40.6 Å². The molecule has 0 aliphatic heterocycles. The van der Waals surface area contributed by atoms with Crippen molar-refractivity contribution in [2.75, 3.05) is 5.32 Å². The van der Waals surface area contributed by atoms with E-state index in [0.717, 1.165) is 11.0 Å². The van der Waals surface area contributed by atoms with Gasteiger partial charge in [0.1, 0.15) is 12.1 Å². The van der Waals surface area contributed by atoms with Crippen LogP contribution in [0.15, 0.2) is 49.1 Å². The van der Waals surface area contributed by atoms with Crippen molar-refractivity contribution in [3.63, 3.8) is 0 Å². The summed E-state index contributed by atoms with van der Waals surface area (Å²) >= 11 is 0. The van der Waals surface area contributed by atoms with Crippen LogP contribution < -0.4 is 5.32 Å². The number of carbonyl (C=O) groups excluding carboxylic acids is 1. The van der Waals surface area contributed by atoms with Crippen molar-refractivity contribution in [1.29, 1.82) is 0 Å². The lowest BCUT2D eigenvalue weighted by Crippen LogP contribution is -2.20. The van der Waals surface area contributed by atoms with E-state index in [4.69, 9.17) is 0 Å². The molecule has 9 nitrogen and oxygen atoms in total. The molecule has 9 heteroatoms. The number of non-ortho nitro benzene ring substituents is 1. The number of anilines is 1. The van der Waals surface area contributed by atoms with Crippen molar-refractivity contribution < 1.29 is 9.72 Å².